The molecule has 0 saturated carbocycles. The molecule has 0 atom stereocenters. The summed E-state index contributed by atoms with van der Waals surface area (Å²) in [6.07, 6.45) is 2.97. The molecule has 2 heterocycles. The van der Waals surface area contributed by atoms with E-state index in [0.717, 1.165) is 27.9 Å². The number of fused-ring (bicyclic) bond motifs is 1. The summed E-state index contributed by atoms with van der Waals surface area (Å²) in [5, 5.41) is 1.53. The number of aromatic nitrogens is 2. The molecule has 0 aliphatic carbocycles. The Balaban J connectivity index is 1.52. The van der Waals surface area contributed by atoms with E-state index in [1.807, 2.05) is 18.2 Å². The van der Waals surface area contributed by atoms with E-state index in [4.69, 9.17) is 27.9 Å². The number of benzene rings is 2. The Morgan fingerprint density at radius 3 is 2.73 bits per heavy atom. The predicted molar refractivity (Wildman–Crippen MR) is 117 cm³/mol. The minimum Gasteiger partial charge on any atom is -0.425 e. The molecule has 152 valence electrons. The molecule has 2 aromatic carbocycles. The highest BCUT2D eigenvalue weighted by molar-refractivity contribution is 6.35. The van der Waals surface area contributed by atoms with Crippen molar-refractivity contribution in [1.29, 1.82) is 0 Å². The van der Waals surface area contributed by atoms with E-state index in [2.05, 4.69) is 9.97 Å². The van der Waals surface area contributed by atoms with E-state index in [1.54, 1.807) is 24.4 Å². The number of esters is 1. The Kier molecular flexibility index (Phi) is 6.02. The van der Waals surface area contributed by atoms with E-state index in [1.165, 1.54) is 18.2 Å². The maximum atomic E-state index is 13.9. The zero-order valence-electron chi connectivity index (χ0n) is 15.8. The largest absolute Gasteiger partial charge is 0.425 e. The number of hydrogen-bond donors (Lipinski definition) is 1. The lowest BCUT2D eigenvalue weighted by molar-refractivity contribution is -0.134. The first-order valence-corrected chi connectivity index (χ1v) is 10.1. The van der Waals surface area contributed by atoms with Crippen molar-refractivity contribution in [3.63, 3.8) is 0 Å². The molecule has 4 nitrogen and oxygen atoms in total. The van der Waals surface area contributed by atoms with Crippen molar-refractivity contribution >= 4 is 40.1 Å². The summed E-state index contributed by atoms with van der Waals surface area (Å²) in [4.78, 5) is 20.0. The number of pyridine rings is 1. The summed E-state index contributed by atoms with van der Waals surface area (Å²) in [6, 6.07) is 14.9. The first kappa shape index (κ1) is 20.4. The van der Waals surface area contributed by atoms with Gasteiger partial charge in [0, 0.05) is 28.5 Å². The highest BCUT2D eigenvalue weighted by Crippen LogP contribution is 2.32. The van der Waals surface area contributed by atoms with Gasteiger partial charge in [-0.25, -0.2) is 4.39 Å². The van der Waals surface area contributed by atoms with Crippen molar-refractivity contribution in [2.45, 2.75) is 19.3 Å². The van der Waals surface area contributed by atoms with Crippen LogP contribution in [0.3, 0.4) is 0 Å². The molecule has 30 heavy (non-hydrogen) atoms. The zero-order chi connectivity index (χ0) is 21.1. The molecule has 0 bridgehead atoms. The fourth-order valence-electron chi connectivity index (χ4n) is 3.35. The maximum absolute atomic E-state index is 13.9. The molecule has 0 aliphatic heterocycles. The molecule has 0 saturated heterocycles. The van der Waals surface area contributed by atoms with Crippen molar-refractivity contribution in [2.75, 3.05) is 0 Å². The van der Waals surface area contributed by atoms with Crippen LogP contribution >= 0.6 is 23.2 Å². The van der Waals surface area contributed by atoms with Crippen molar-refractivity contribution in [3.8, 4) is 17.1 Å². The second-order valence-electron chi connectivity index (χ2n) is 6.79. The number of aryl methyl sites for hydroxylation is 1. The Hall–Kier alpha value is -2.89. The van der Waals surface area contributed by atoms with Crippen LogP contribution in [0.4, 0.5) is 4.39 Å². The number of carbonyl (C=O) groups is 1. The van der Waals surface area contributed by atoms with Crippen molar-refractivity contribution in [3.05, 3.63) is 82.2 Å². The highest BCUT2D eigenvalue weighted by atomic mass is 35.5. The Bertz CT molecular complexity index is 1210. The third-order valence-electron chi connectivity index (χ3n) is 4.71. The zero-order valence-corrected chi connectivity index (χ0v) is 17.3. The molecule has 0 unspecified atom stereocenters. The van der Waals surface area contributed by atoms with Gasteiger partial charge < -0.3 is 9.72 Å². The number of aromatic amines is 1. The van der Waals surface area contributed by atoms with Crippen molar-refractivity contribution in [2.24, 2.45) is 0 Å². The van der Waals surface area contributed by atoms with Gasteiger partial charge in [-0.15, -0.1) is 0 Å². The highest BCUT2D eigenvalue weighted by Gasteiger charge is 2.16. The fourth-order valence-corrected chi connectivity index (χ4v) is 3.80. The van der Waals surface area contributed by atoms with E-state index in [-0.39, 0.29) is 23.0 Å². The van der Waals surface area contributed by atoms with Crippen molar-refractivity contribution in [1.82, 2.24) is 9.97 Å². The second-order valence-corrected chi connectivity index (χ2v) is 7.63. The normalized spacial score (nSPS) is 11.0. The van der Waals surface area contributed by atoms with Gasteiger partial charge in [0.1, 0.15) is 11.6 Å². The van der Waals surface area contributed by atoms with Gasteiger partial charge in [0.2, 0.25) is 0 Å². The number of ether oxygens (including phenoxy) is 1. The SMILES string of the molecule is O=C(CCCc1c(-c2ccccn2)[nH]c2ccc(F)cc12)Oc1ccc(Cl)cc1Cl. The van der Waals surface area contributed by atoms with Crippen LogP contribution in [0.5, 0.6) is 5.75 Å². The van der Waals surface area contributed by atoms with E-state index in [9.17, 15) is 9.18 Å². The third kappa shape index (κ3) is 4.48. The van der Waals surface area contributed by atoms with Crippen LogP contribution in [0, 0.1) is 5.82 Å². The van der Waals surface area contributed by atoms with Gasteiger partial charge >= 0.3 is 5.97 Å². The monoisotopic (exact) mass is 442 g/mol. The van der Waals surface area contributed by atoms with Gasteiger partial charge in [-0.05, 0) is 66.9 Å². The van der Waals surface area contributed by atoms with Gasteiger partial charge in [0.15, 0.2) is 0 Å². The molecule has 1 N–H and O–H groups in total. The molecule has 7 heteroatoms. The topological polar surface area (TPSA) is 55.0 Å². The fraction of sp³-hybridized carbons (Fsp3) is 0.130. The lowest BCUT2D eigenvalue weighted by Crippen LogP contribution is -2.08. The van der Waals surface area contributed by atoms with Gasteiger partial charge in [-0.1, -0.05) is 29.3 Å². The van der Waals surface area contributed by atoms with E-state index >= 15 is 0 Å². The first-order valence-electron chi connectivity index (χ1n) is 9.38. The molecule has 0 amide bonds. The minimum absolute atomic E-state index is 0.183. The van der Waals surface area contributed by atoms with Crippen LogP contribution in [0.2, 0.25) is 10.0 Å². The van der Waals surface area contributed by atoms with Gasteiger partial charge in [-0.2, -0.15) is 0 Å². The molecule has 0 fully saturated rings. The maximum Gasteiger partial charge on any atom is 0.311 e. The molecule has 4 aromatic rings. The number of nitrogens with one attached hydrogen (secondary N) is 1. The van der Waals surface area contributed by atoms with Gasteiger partial charge in [-0.3, -0.25) is 9.78 Å². The Labute approximate surface area is 182 Å². The summed E-state index contributed by atoms with van der Waals surface area (Å²) in [7, 11) is 0. The second kappa shape index (κ2) is 8.86. The van der Waals surface area contributed by atoms with E-state index in [0.29, 0.717) is 17.9 Å². The van der Waals surface area contributed by atoms with Gasteiger partial charge in [0.25, 0.3) is 0 Å². The average Bonchev–Trinajstić information content (AvgIpc) is 3.08. The summed E-state index contributed by atoms with van der Waals surface area (Å²) >= 11 is 11.9. The van der Waals surface area contributed by atoms with Crippen LogP contribution in [0.15, 0.2) is 60.8 Å². The number of carbonyl (C=O) groups excluding carboxylic acids is 1. The number of hydrogen-bond acceptors (Lipinski definition) is 3. The van der Waals surface area contributed by atoms with Crippen LogP contribution in [0.1, 0.15) is 18.4 Å². The third-order valence-corrected chi connectivity index (χ3v) is 5.25. The first-order chi connectivity index (χ1) is 14.5. The number of nitrogens with zero attached hydrogens (tertiary/aromatic N) is 1. The van der Waals surface area contributed by atoms with Crippen LogP contribution in [-0.4, -0.2) is 15.9 Å². The summed E-state index contributed by atoms with van der Waals surface area (Å²) in [5.41, 5.74) is 3.33. The number of rotatable bonds is 6. The Morgan fingerprint density at radius 2 is 1.97 bits per heavy atom. The summed E-state index contributed by atoms with van der Waals surface area (Å²) in [6.45, 7) is 0. The van der Waals surface area contributed by atoms with Crippen molar-refractivity contribution < 1.29 is 13.9 Å². The summed E-state index contributed by atoms with van der Waals surface area (Å²) < 4.78 is 19.2. The molecule has 2 aromatic heterocycles. The molecule has 4 rings (SSSR count). The molecule has 0 spiro atoms. The van der Waals surface area contributed by atoms with E-state index < -0.39 is 5.97 Å². The van der Waals surface area contributed by atoms with Crippen LogP contribution < -0.4 is 4.74 Å². The number of halogens is 3. The van der Waals surface area contributed by atoms with Crippen LogP contribution in [0.25, 0.3) is 22.3 Å². The minimum atomic E-state index is -0.398. The smallest absolute Gasteiger partial charge is 0.311 e. The molecule has 0 radical (unpaired) electrons. The standard InChI is InChI=1S/C23H17Cl2FN2O2/c24-14-7-10-21(18(25)12-14)30-22(29)6-3-4-16-17-13-15(26)8-9-19(17)28-23(16)20-5-1-2-11-27-20/h1-2,5,7-13,28H,3-4,6H2. The predicted octanol–water partition coefficient (Wildman–Crippen LogP) is 6.60. The number of H-pyrrole nitrogens is 1. The lowest BCUT2D eigenvalue weighted by atomic mass is 10.0. The Morgan fingerprint density at radius 1 is 1.10 bits per heavy atom. The molecular weight excluding hydrogens is 426 g/mol. The molecule has 0 aliphatic rings. The quantitative estimate of drug-likeness (QED) is 0.270. The average molecular weight is 443 g/mol. The van der Waals surface area contributed by atoms with Crippen LogP contribution in [-0.2, 0) is 11.2 Å². The molecular formula is C23H17Cl2FN2O2. The summed E-state index contributed by atoms with van der Waals surface area (Å²) in [5.74, 6) is -0.439. The van der Waals surface area contributed by atoms with Gasteiger partial charge in [0.05, 0.1) is 16.4 Å². The lowest BCUT2D eigenvalue weighted by Gasteiger charge is -2.07.